The van der Waals surface area contributed by atoms with Crippen LogP contribution in [0.5, 0.6) is 0 Å². The first-order valence-corrected chi connectivity index (χ1v) is 10.7. The van der Waals surface area contributed by atoms with Crippen molar-refractivity contribution >= 4 is 11.9 Å². The van der Waals surface area contributed by atoms with Gasteiger partial charge in [-0.25, -0.2) is 0 Å². The molecule has 0 unspecified atom stereocenters. The third-order valence-corrected chi connectivity index (χ3v) is 7.74. The quantitative estimate of drug-likeness (QED) is 0.383. The highest BCUT2D eigenvalue weighted by molar-refractivity contribution is 5.70. The van der Waals surface area contributed by atoms with E-state index in [1.54, 1.807) is 0 Å². The topological polar surface area (TPSA) is 115 Å². The van der Waals surface area contributed by atoms with Crippen LogP contribution in [0.1, 0.15) is 47.5 Å². The summed E-state index contributed by atoms with van der Waals surface area (Å²) in [6, 6.07) is 0. The zero-order valence-corrected chi connectivity index (χ0v) is 18.2. The lowest BCUT2D eigenvalue weighted by atomic mass is 9.51. The smallest absolute Gasteiger partial charge is 0.306 e. The number of hydrogen-bond donors (Lipinski definition) is 2. The number of rotatable bonds is 5. The van der Waals surface area contributed by atoms with E-state index in [-0.39, 0.29) is 18.5 Å². The van der Waals surface area contributed by atoms with Gasteiger partial charge in [-0.1, -0.05) is 26.8 Å². The van der Waals surface area contributed by atoms with Gasteiger partial charge in [-0.3, -0.25) is 9.59 Å². The summed E-state index contributed by atoms with van der Waals surface area (Å²) >= 11 is 0. The van der Waals surface area contributed by atoms with Crippen LogP contribution in [-0.2, 0) is 28.5 Å². The zero-order chi connectivity index (χ0) is 22.1. The van der Waals surface area contributed by atoms with Gasteiger partial charge in [0.1, 0.15) is 30.5 Å². The second-order valence-corrected chi connectivity index (χ2v) is 9.92. The number of aliphatic hydroxyl groups is 2. The van der Waals surface area contributed by atoms with Crippen molar-refractivity contribution < 1.29 is 38.7 Å². The minimum atomic E-state index is -1.13. The molecule has 8 atom stereocenters. The van der Waals surface area contributed by atoms with Gasteiger partial charge in [-0.05, 0) is 18.4 Å². The monoisotopic (exact) mass is 424 g/mol. The SMILES string of the molecule is CC(=O)OC[C@@]12C[C@@H](OC(=O)CC(C)C)C(C)=C[C@@H]1O[C@H]1[C@H](O)[C@@H](O)[C@]2(C)[C@@]12CO2. The van der Waals surface area contributed by atoms with Crippen molar-refractivity contribution in [1.29, 1.82) is 0 Å². The van der Waals surface area contributed by atoms with E-state index >= 15 is 0 Å². The van der Waals surface area contributed by atoms with Crippen molar-refractivity contribution in [2.24, 2.45) is 16.7 Å². The predicted molar refractivity (Wildman–Crippen MR) is 104 cm³/mol. The Labute approximate surface area is 176 Å². The molecular weight excluding hydrogens is 392 g/mol. The zero-order valence-electron chi connectivity index (χ0n) is 18.2. The molecule has 4 rings (SSSR count). The summed E-state index contributed by atoms with van der Waals surface area (Å²) in [5.41, 5.74) is -1.89. The lowest BCUT2D eigenvalue weighted by molar-refractivity contribution is -0.239. The predicted octanol–water partition coefficient (Wildman–Crippen LogP) is 1.12. The Morgan fingerprint density at radius 3 is 2.57 bits per heavy atom. The van der Waals surface area contributed by atoms with Crippen molar-refractivity contribution in [3.05, 3.63) is 11.6 Å². The van der Waals surface area contributed by atoms with Crippen LogP contribution in [0.3, 0.4) is 0 Å². The minimum absolute atomic E-state index is 0.0346. The summed E-state index contributed by atoms with van der Waals surface area (Å²) in [5, 5.41) is 21.9. The van der Waals surface area contributed by atoms with Gasteiger partial charge in [-0.2, -0.15) is 0 Å². The van der Waals surface area contributed by atoms with Crippen molar-refractivity contribution in [1.82, 2.24) is 0 Å². The van der Waals surface area contributed by atoms with Gasteiger partial charge in [0.2, 0.25) is 0 Å². The molecule has 0 aromatic heterocycles. The first kappa shape index (κ1) is 21.7. The molecule has 30 heavy (non-hydrogen) atoms. The van der Waals surface area contributed by atoms with Crippen LogP contribution in [0.15, 0.2) is 11.6 Å². The van der Waals surface area contributed by atoms with Crippen LogP contribution in [-0.4, -0.2) is 71.5 Å². The number of carbonyl (C=O) groups is 2. The third kappa shape index (κ3) is 2.80. The number of epoxide rings is 1. The molecule has 168 valence electrons. The van der Waals surface area contributed by atoms with Gasteiger partial charge in [-0.15, -0.1) is 0 Å². The summed E-state index contributed by atoms with van der Waals surface area (Å²) in [6.45, 7) is 9.28. The second kappa shape index (κ2) is 7.02. The minimum Gasteiger partial charge on any atom is -0.465 e. The van der Waals surface area contributed by atoms with Crippen LogP contribution in [0.25, 0.3) is 0 Å². The van der Waals surface area contributed by atoms with Crippen LogP contribution in [0.2, 0.25) is 0 Å². The van der Waals surface area contributed by atoms with E-state index < -0.39 is 52.9 Å². The Kier molecular flexibility index (Phi) is 5.09. The Morgan fingerprint density at radius 1 is 1.33 bits per heavy atom. The molecule has 0 aromatic rings. The maximum absolute atomic E-state index is 12.4. The molecule has 4 aliphatic rings. The maximum Gasteiger partial charge on any atom is 0.306 e. The molecule has 2 N–H and O–H groups in total. The van der Waals surface area contributed by atoms with E-state index in [0.29, 0.717) is 19.4 Å². The van der Waals surface area contributed by atoms with E-state index in [4.69, 9.17) is 18.9 Å². The lowest BCUT2D eigenvalue weighted by Gasteiger charge is -2.58. The maximum atomic E-state index is 12.4. The Morgan fingerprint density at radius 2 is 2.00 bits per heavy atom. The van der Waals surface area contributed by atoms with Gasteiger partial charge in [0, 0.05) is 30.6 Å². The van der Waals surface area contributed by atoms with Crippen molar-refractivity contribution in [3.63, 3.8) is 0 Å². The Hall–Kier alpha value is -1.48. The molecule has 8 nitrogen and oxygen atoms in total. The molecule has 0 amide bonds. The molecule has 3 fully saturated rings. The summed E-state index contributed by atoms with van der Waals surface area (Å²) in [7, 11) is 0. The number of fused-ring (bicyclic) bond motifs is 2. The summed E-state index contributed by atoms with van der Waals surface area (Å²) in [5.74, 6) is -0.584. The average Bonchev–Trinajstić information content (AvgIpc) is 3.43. The van der Waals surface area contributed by atoms with Crippen LogP contribution in [0.4, 0.5) is 0 Å². The highest BCUT2D eigenvalue weighted by atomic mass is 16.6. The largest absolute Gasteiger partial charge is 0.465 e. The van der Waals surface area contributed by atoms with Crippen molar-refractivity contribution in [3.8, 4) is 0 Å². The van der Waals surface area contributed by atoms with Crippen LogP contribution < -0.4 is 0 Å². The summed E-state index contributed by atoms with van der Waals surface area (Å²) < 4.78 is 23.4. The molecular formula is C22H32O8. The number of carbonyl (C=O) groups excluding carboxylic acids is 2. The molecule has 8 heteroatoms. The molecule has 1 saturated carbocycles. The van der Waals surface area contributed by atoms with Crippen LogP contribution in [0, 0.1) is 16.7 Å². The Bertz CT molecular complexity index is 771. The van der Waals surface area contributed by atoms with Gasteiger partial charge in [0.25, 0.3) is 0 Å². The molecule has 2 aliphatic carbocycles. The number of hydrogen-bond acceptors (Lipinski definition) is 8. The third-order valence-electron chi connectivity index (χ3n) is 7.74. The van der Waals surface area contributed by atoms with Crippen LogP contribution >= 0.6 is 0 Å². The molecule has 1 spiro atoms. The van der Waals surface area contributed by atoms with E-state index in [1.807, 2.05) is 33.8 Å². The fraction of sp³-hybridized carbons (Fsp3) is 0.818. The fourth-order valence-corrected chi connectivity index (χ4v) is 5.92. The normalized spacial score (nSPS) is 46.4. The number of ether oxygens (including phenoxy) is 4. The van der Waals surface area contributed by atoms with Crippen molar-refractivity contribution in [2.75, 3.05) is 13.2 Å². The molecule has 2 heterocycles. The average molecular weight is 424 g/mol. The van der Waals surface area contributed by atoms with Gasteiger partial charge in [0.15, 0.2) is 0 Å². The van der Waals surface area contributed by atoms with Gasteiger partial charge < -0.3 is 29.2 Å². The number of aliphatic hydroxyl groups excluding tert-OH is 2. The Balaban J connectivity index is 1.75. The fourth-order valence-electron chi connectivity index (χ4n) is 5.92. The first-order chi connectivity index (χ1) is 14.0. The van der Waals surface area contributed by atoms with E-state index in [9.17, 15) is 19.8 Å². The molecule has 2 aliphatic heterocycles. The molecule has 0 aromatic carbocycles. The summed E-state index contributed by atoms with van der Waals surface area (Å²) in [4.78, 5) is 24.1. The molecule has 2 saturated heterocycles. The van der Waals surface area contributed by atoms with E-state index in [2.05, 4.69) is 0 Å². The van der Waals surface area contributed by atoms with Gasteiger partial charge >= 0.3 is 11.9 Å². The standard InChI is InChI=1S/C22H32O8/c1-11(2)6-16(24)29-14-8-21(9-27-13(4)23)15(7-12(14)3)30-19-17(25)18(26)20(21,5)22(19)10-28-22/h7,11,14-15,17-19,25-26H,6,8-10H2,1-5H3/t14-,15+,17-,18-,19+,20+,21+,22-/m1/s1. The second-order valence-electron chi connectivity index (χ2n) is 9.92. The van der Waals surface area contributed by atoms with Gasteiger partial charge in [0.05, 0.1) is 18.8 Å². The molecule has 0 radical (unpaired) electrons. The molecule has 2 bridgehead atoms. The first-order valence-electron chi connectivity index (χ1n) is 10.7. The van der Waals surface area contributed by atoms with E-state index in [1.165, 1.54) is 6.92 Å². The van der Waals surface area contributed by atoms with Crippen molar-refractivity contribution in [2.45, 2.75) is 83.6 Å². The highest BCUT2D eigenvalue weighted by Crippen LogP contribution is 2.71. The lowest BCUT2D eigenvalue weighted by Crippen LogP contribution is -2.67. The van der Waals surface area contributed by atoms with E-state index in [0.717, 1.165) is 5.57 Å². The summed E-state index contributed by atoms with van der Waals surface area (Å²) in [6.07, 6.45) is -1.50. The highest BCUT2D eigenvalue weighted by Gasteiger charge is 2.85. The number of esters is 2.